The second kappa shape index (κ2) is 9.03. The molecular formula is C17H19ClN2O5S. The van der Waals surface area contributed by atoms with Gasteiger partial charge < -0.3 is 10.1 Å². The lowest BCUT2D eigenvalue weighted by molar-refractivity contribution is -0.123. The quantitative estimate of drug-likeness (QED) is 0.578. The van der Waals surface area contributed by atoms with Crippen molar-refractivity contribution in [1.82, 2.24) is 9.62 Å². The monoisotopic (exact) mass is 398 g/mol. The summed E-state index contributed by atoms with van der Waals surface area (Å²) in [4.78, 5) is 23.4. The second-order valence-electron chi connectivity index (χ2n) is 5.67. The minimum absolute atomic E-state index is 0.00488. The number of benzene rings is 1. The van der Waals surface area contributed by atoms with Crippen molar-refractivity contribution in [2.75, 3.05) is 26.2 Å². The molecule has 7 nitrogen and oxygen atoms in total. The molecule has 0 aromatic heterocycles. The van der Waals surface area contributed by atoms with Crippen LogP contribution in [0.1, 0.15) is 29.6 Å². The van der Waals surface area contributed by atoms with Crippen LogP contribution >= 0.6 is 11.6 Å². The molecule has 0 spiro atoms. The molecule has 0 atom stereocenters. The average molecular weight is 399 g/mol. The van der Waals surface area contributed by atoms with Crippen molar-refractivity contribution in [3.05, 3.63) is 28.8 Å². The number of ether oxygens (including phenoxy) is 1. The van der Waals surface area contributed by atoms with Crippen LogP contribution in [0.2, 0.25) is 5.02 Å². The first kappa shape index (κ1) is 20.2. The Morgan fingerprint density at radius 2 is 1.96 bits per heavy atom. The van der Waals surface area contributed by atoms with Crippen molar-refractivity contribution >= 4 is 33.5 Å². The number of hydrogen-bond donors (Lipinski definition) is 1. The molecule has 140 valence electrons. The average Bonchev–Trinajstić information content (AvgIpc) is 2.65. The normalized spacial score (nSPS) is 15.1. The molecule has 0 radical (unpaired) electrons. The molecule has 1 heterocycles. The SMILES string of the molecule is C#CCNC(=O)COC(=O)c1ccc(Cl)c(S(=O)(=O)N2CCCCC2)c1. The fourth-order valence-corrected chi connectivity index (χ4v) is 4.50. The lowest BCUT2D eigenvalue weighted by Crippen LogP contribution is -2.35. The van der Waals surface area contributed by atoms with Crippen LogP contribution in [0.25, 0.3) is 0 Å². The van der Waals surface area contributed by atoms with Gasteiger partial charge in [-0.1, -0.05) is 23.9 Å². The van der Waals surface area contributed by atoms with Gasteiger partial charge in [0.25, 0.3) is 5.91 Å². The molecule has 1 aliphatic rings. The van der Waals surface area contributed by atoms with Crippen molar-refractivity contribution in [1.29, 1.82) is 0 Å². The van der Waals surface area contributed by atoms with Gasteiger partial charge in [0.05, 0.1) is 17.1 Å². The summed E-state index contributed by atoms with van der Waals surface area (Å²) >= 11 is 6.05. The Morgan fingerprint density at radius 1 is 1.27 bits per heavy atom. The van der Waals surface area contributed by atoms with Crippen LogP contribution in [-0.4, -0.2) is 50.8 Å². The number of carbonyl (C=O) groups is 2. The molecule has 0 aliphatic carbocycles. The number of nitrogens with zero attached hydrogens (tertiary/aromatic N) is 1. The Bertz CT molecular complexity index is 826. The fraction of sp³-hybridized carbons (Fsp3) is 0.412. The third-order valence-electron chi connectivity index (χ3n) is 3.82. The second-order valence-corrected chi connectivity index (χ2v) is 7.98. The standard InChI is InChI=1S/C17H19ClN2O5S/c1-2-8-19-16(21)12-25-17(22)13-6-7-14(18)15(11-13)26(23,24)20-9-4-3-5-10-20/h1,6-7,11H,3-5,8-10,12H2,(H,19,21). The van der Waals surface area contributed by atoms with Gasteiger partial charge in [-0.15, -0.1) is 6.42 Å². The predicted octanol–water partition coefficient (Wildman–Crippen LogP) is 1.42. The van der Waals surface area contributed by atoms with Gasteiger partial charge in [0.1, 0.15) is 4.90 Å². The summed E-state index contributed by atoms with van der Waals surface area (Å²) in [6.07, 6.45) is 7.56. The van der Waals surface area contributed by atoms with Crippen LogP contribution in [0.3, 0.4) is 0 Å². The van der Waals surface area contributed by atoms with Gasteiger partial charge in [-0.3, -0.25) is 4.79 Å². The molecule has 1 aromatic rings. The van der Waals surface area contributed by atoms with Gasteiger partial charge in [0.15, 0.2) is 6.61 Å². The van der Waals surface area contributed by atoms with E-state index in [1.807, 2.05) is 0 Å². The first-order valence-corrected chi connectivity index (χ1v) is 9.85. The van der Waals surface area contributed by atoms with Gasteiger partial charge in [0, 0.05) is 13.1 Å². The zero-order valence-corrected chi connectivity index (χ0v) is 15.6. The molecule has 2 rings (SSSR count). The highest BCUT2D eigenvalue weighted by Gasteiger charge is 2.29. The van der Waals surface area contributed by atoms with E-state index >= 15 is 0 Å². The van der Waals surface area contributed by atoms with Crippen molar-refractivity contribution in [2.45, 2.75) is 24.2 Å². The number of amides is 1. The number of sulfonamides is 1. The first-order chi connectivity index (χ1) is 12.4. The molecule has 0 bridgehead atoms. The van der Waals surface area contributed by atoms with E-state index in [1.54, 1.807) is 0 Å². The van der Waals surface area contributed by atoms with Crippen LogP contribution in [0.15, 0.2) is 23.1 Å². The van der Waals surface area contributed by atoms with Gasteiger partial charge >= 0.3 is 5.97 Å². The van der Waals surface area contributed by atoms with Gasteiger partial charge in [0.2, 0.25) is 10.0 Å². The predicted molar refractivity (Wildman–Crippen MR) is 96.2 cm³/mol. The summed E-state index contributed by atoms with van der Waals surface area (Å²) in [5, 5.41) is 2.38. The van der Waals surface area contributed by atoms with Crippen LogP contribution in [-0.2, 0) is 19.6 Å². The van der Waals surface area contributed by atoms with E-state index in [-0.39, 0.29) is 22.0 Å². The number of carbonyl (C=O) groups excluding carboxylic acids is 2. The molecule has 0 saturated carbocycles. The Labute approximate surface area is 157 Å². The molecule has 1 saturated heterocycles. The Kier molecular flexibility index (Phi) is 7.03. The number of terminal acetylenes is 1. The maximum atomic E-state index is 12.8. The van der Waals surface area contributed by atoms with Crippen LogP contribution in [0.5, 0.6) is 0 Å². The number of halogens is 1. The smallest absolute Gasteiger partial charge is 0.338 e. The number of piperidine rings is 1. The van der Waals surface area contributed by atoms with Crippen molar-refractivity contribution in [3.8, 4) is 12.3 Å². The molecule has 1 aromatic carbocycles. The molecule has 0 unspecified atom stereocenters. The van der Waals surface area contributed by atoms with E-state index in [0.717, 1.165) is 19.3 Å². The third kappa shape index (κ3) is 4.97. The van der Waals surface area contributed by atoms with Crippen LogP contribution < -0.4 is 5.32 Å². The number of esters is 1. The van der Waals surface area contributed by atoms with Crippen molar-refractivity contribution in [3.63, 3.8) is 0 Å². The number of hydrogen-bond acceptors (Lipinski definition) is 5. The zero-order chi connectivity index (χ0) is 19.2. The third-order valence-corrected chi connectivity index (χ3v) is 6.20. The summed E-state index contributed by atoms with van der Waals surface area (Å²) in [6.45, 7) is 0.346. The van der Waals surface area contributed by atoms with Gasteiger partial charge in [-0.25, -0.2) is 13.2 Å². The molecule has 1 aliphatic heterocycles. The van der Waals surface area contributed by atoms with E-state index in [9.17, 15) is 18.0 Å². The van der Waals surface area contributed by atoms with E-state index < -0.39 is 28.5 Å². The number of nitrogens with one attached hydrogen (secondary N) is 1. The fourth-order valence-electron chi connectivity index (χ4n) is 2.49. The summed E-state index contributed by atoms with van der Waals surface area (Å²) in [6, 6.07) is 3.85. The number of rotatable bonds is 6. The lowest BCUT2D eigenvalue weighted by atomic mass is 10.2. The van der Waals surface area contributed by atoms with Crippen molar-refractivity contribution < 1.29 is 22.7 Å². The van der Waals surface area contributed by atoms with E-state index in [1.165, 1.54) is 22.5 Å². The molecular weight excluding hydrogens is 380 g/mol. The van der Waals surface area contributed by atoms with Crippen LogP contribution in [0.4, 0.5) is 0 Å². The largest absolute Gasteiger partial charge is 0.452 e. The van der Waals surface area contributed by atoms with Crippen LogP contribution in [0, 0.1) is 12.3 Å². The molecule has 26 heavy (non-hydrogen) atoms. The molecule has 1 N–H and O–H groups in total. The van der Waals surface area contributed by atoms with E-state index in [0.29, 0.717) is 13.1 Å². The maximum absolute atomic E-state index is 12.8. The zero-order valence-electron chi connectivity index (χ0n) is 14.0. The summed E-state index contributed by atoms with van der Waals surface area (Å²) < 4.78 is 31.8. The first-order valence-electron chi connectivity index (χ1n) is 8.03. The topological polar surface area (TPSA) is 92.8 Å². The molecule has 1 amide bonds. The highest BCUT2D eigenvalue weighted by Crippen LogP contribution is 2.28. The summed E-state index contributed by atoms with van der Waals surface area (Å²) in [7, 11) is -3.80. The van der Waals surface area contributed by atoms with E-state index in [2.05, 4.69) is 11.2 Å². The molecule has 1 fully saturated rings. The van der Waals surface area contributed by atoms with Gasteiger partial charge in [-0.05, 0) is 31.0 Å². The Balaban J connectivity index is 2.15. The Hall–Kier alpha value is -2.08. The molecule has 9 heteroatoms. The van der Waals surface area contributed by atoms with Crippen molar-refractivity contribution in [2.24, 2.45) is 0 Å². The maximum Gasteiger partial charge on any atom is 0.338 e. The van der Waals surface area contributed by atoms with Gasteiger partial charge in [-0.2, -0.15) is 4.31 Å². The van der Waals surface area contributed by atoms with E-state index in [4.69, 9.17) is 22.8 Å². The Morgan fingerprint density at radius 3 is 2.62 bits per heavy atom. The highest BCUT2D eigenvalue weighted by atomic mass is 35.5. The lowest BCUT2D eigenvalue weighted by Gasteiger charge is -2.26. The summed E-state index contributed by atoms with van der Waals surface area (Å²) in [5.41, 5.74) is -0.00488. The minimum atomic E-state index is -3.80. The summed E-state index contributed by atoms with van der Waals surface area (Å²) in [5.74, 6) is 0.845. The minimum Gasteiger partial charge on any atom is -0.452 e. The highest BCUT2D eigenvalue weighted by molar-refractivity contribution is 7.89.